The monoisotopic (exact) mass is 335 g/mol. The number of aryl methyl sites for hydroxylation is 2. The summed E-state index contributed by atoms with van der Waals surface area (Å²) in [5.74, 6) is 1.36. The average molecular weight is 335 g/mol. The lowest BCUT2D eigenvalue weighted by Gasteiger charge is -2.11. The Kier molecular flexibility index (Phi) is 5.63. The average Bonchev–Trinajstić information content (AvgIpc) is 2.51. The first-order valence-electron chi connectivity index (χ1n) is 7.26. The van der Waals surface area contributed by atoms with Crippen LogP contribution in [0, 0.1) is 13.8 Å². The first-order chi connectivity index (χ1) is 10.9. The fraction of sp³-hybridized carbons (Fsp3) is 0.294. The van der Waals surface area contributed by atoms with E-state index in [1.807, 2.05) is 31.2 Å². The van der Waals surface area contributed by atoms with Crippen LogP contribution >= 0.6 is 0 Å². The van der Waals surface area contributed by atoms with E-state index in [1.54, 1.807) is 26.2 Å². The SMILES string of the molecule is COc1ccc(S(=O)(=O)NCCOc2cccc(C)c2)c(C)c1. The maximum absolute atomic E-state index is 12.3. The minimum absolute atomic E-state index is 0.196. The van der Waals surface area contributed by atoms with Crippen molar-refractivity contribution >= 4 is 10.0 Å². The molecule has 2 aromatic carbocycles. The van der Waals surface area contributed by atoms with Crippen molar-refractivity contribution in [3.05, 3.63) is 53.6 Å². The van der Waals surface area contributed by atoms with E-state index in [4.69, 9.17) is 9.47 Å². The van der Waals surface area contributed by atoms with E-state index in [0.717, 1.165) is 11.3 Å². The minimum atomic E-state index is -3.56. The van der Waals surface area contributed by atoms with Gasteiger partial charge >= 0.3 is 0 Å². The number of hydrogen-bond donors (Lipinski definition) is 1. The normalized spacial score (nSPS) is 11.3. The van der Waals surface area contributed by atoms with Crippen molar-refractivity contribution in [1.29, 1.82) is 0 Å². The molecular formula is C17H21NO4S. The summed E-state index contributed by atoms with van der Waals surface area (Å²) in [7, 11) is -2.02. The number of benzene rings is 2. The van der Waals surface area contributed by atoms with Crippen LogP contribution in [0.15, 0.2) is 47.4 Å². The van der Waals surface area contributed by atoms with Gasteiger partial charge in [0.2, 0.25) is 10.0 Å². The molecule has 0 amide bonds. The van der Waals surface area contributed by atoms with Gasteiger partial charge in [-0.3, -0.25) is 0 Å². The molecule has 0 aliphatic rings. The third kappa shape index (κ3) is 4.71. The second-order valence-corrected chi connectivity index (χ2v) is 6.93. The highest BCUT2D eigenvalue weighted by molar-refractivity contribution is 7.89. The summed E-state index contributed by atoms with van der Waals surface area (Å²) in [6, 6.07) is 12.5. The quantitative estimate of drug-likeness (QED) is 0.790. The van der Waals surface area contributed by atoms with Crippen LogP contribution in [0.4, 0.5) is 0 Å². The van der Waals surface area contributed by atoms with Crippen molar-refractivity contribution in [2.45, 2.75) is 18.7 Å². The highest BCUT2D eigenvalue weighted by Crippen LogP contribution is 2.20. The van der Waals surface area contributed by atoms with Gasteiger partial charge in [0, 0.05) is 6.54 Å². The molecule has 0 radical (unpaired) electrons. The fourth-order valence-corrected chi connectivity index (χ4v) is 3.42. The second kappa shape index (κ2) is 7.48. The van der Waals surface area contributed by atoms with Crippen molar-refractivity contribution < 1.29 is 17.9 Å². The maximum atomic E-state index is 12.3. The molecule has 0 fully saturated rings. The largest absolute Gasteiger partial charge is 0.497 e. The molecule has 0 bridgehead atoms. The van der Waals surface area contributed by atoms with Gasteiger partial charge in [0.1, 0.15) is 18.1 Å². The van der Waals surface area contributed by atoms with Gasteiger partial charge in [-0.15, -0.1) is 0 Å². The van der Waals surface area contributed by atoms with Crippen LogP contribution in [-0.4, -0.2) is 28.7 Å². The third-order valence-corrected chi connectivity index (χ3v) is 4.95. The molecule has 23 heavy (non-hydrogen) atoms. The number of nitrogens with one attached hydrogen (secondary N) is 1. The van der Waals surface area contributed by atoms with Gasteiger partial charge in [0.25, 0.3) is 0 Å². The van der Waals surface area contributed by atoms with Crippen molar-refractivity contribution in [3.8, 4) is 11.5 Å². The van der Waals surface area contributed by atoms with Gasteiger partial charge in [-0.05, 0) is 55.3 Å². The molecule has 6 heteroatoms. The minimum Gasteiger partial charge on any atom is -0.497 e. The number of methoxy groups -OCH3 is 1. The number of ether oxygens (including phenoxy) is 2. The van der Waals surface area contributed by atoms with E-state index >= 15 is 0 Å². The molecule has 124 valence electrons. The smallest absolute Gasteiger partial charge is 0.240 e. The summed E-state index contributed by atoms with van der Waals surface area (Å²) in [6.07, 6.45) is 0. The third-order valence-electron chi connectivity index (χ3n) is 3.32. The molecular weight excluding hydrogens is 314 g/mol. The molecule has 5 nitrogen and oxygen atoms in total. The molecule has 1 N–H and O–H groups in total. The van der Waals surface area contributed by atoms with Crippen molar-refractivity contribution in [1.82, 2.24) is 4.72 Å². The Hall–Kier alpha value is -2.05. The topological polar surface area (TPSA) is 64.6 Å². The molecule has 0 heterocycles. The fourth-order valence-electron chi connectivity index (χ4n) is 2.18. The lowest BCUT2D eigenvalue weighted by atomic mass is 10.2. The molecule has 0 aliphatic heterocycles. The van der Waals surface area contributed by atoms with Crippen LogP contribution in [0.1, 0.15) is 11.1 Å². The van der Waals surface area contributed by atoms with Crippen LogP contribution in [0.5, 0.6) is 11.5 Å². The highest BCUT2D eigenvalue weighted by atomic mass is 32.2. The molecule has 0 unspecified atom stereocenters. The van der Waals surface area contributed by atoms with Gasteiger partial charge in [-0.1, -0.05) is 12.1 Å². The van der Waals surface area contributed by atoms with Crippen LogP contribution in [0.2, 0.25) is 0 Å². The lowest BCUT2D eigenvalue weighted by Crippen LogP contribution is -2.28. The summed E-state index contributed by atoms with van der Waals surface area (Å²) in [4.78, 5) is 0.244. The van der Waals surface area contributed by atoms with E-state index in [-0.39, 0.29) is 18.0 Å². The van der Waals surface area contributed by atoms with E-state index in [0.29, 0.717) is 11.3 Å². The van der Waals surface area contributed by atoms with Gasteiger partial charge in [0.15, 0.2) is 0 Å². The molecule has 0 aliphatic carbocycles. The summed E-state index contributed by atoms with van der Waals surface area (Å²) in [5, 5.41) is 0. The van der Waals surface area contributed by atoms with E-state index < -0.39 is 10.0 Å². The highest BCUT2D eigenvalue weighted by Gasteiger charge is 2.16. The maximum Gasteiger partial charge on any atom is 0.240 e. The zero-order valence-corrected chi connectivity index (χ0v) is 14.3. The summed E-state index contributed by atoms with van der Waals surface area (Å²) in [6.45, 7) is 4.17. The van der Waals surface area contributed by atoms with E-state index in [2.05, 4.69) is 4.72 Å². The molecule has 0 aromatic heterocycles. The molecule has 0 saturated carbocycles. The van der Waals surface area contributed by atoms with Crippen LogP contribution in [0.25, 0.3) is 0 Å². The molecule has 2 aromatic rings. The van der Waals surface area contributed by atoms with Gasteiger partial charge in [-0.2, -0.15) is 0 Å². The van der Waals surface area contributed by atoms with Crippen LogP contribution < -0.4 is 14.2 Å². The summed E-state index contributed by atoms with van der Waals surface area (Å²) < 4.78 is 37.8. The Morgan fingerprint density at radius 3 is 2.48 bits per heavy atom. The number of rotatable bonds is 7. The zero-order chi connectivity index (χ0) is 16.9. The standard InChI is InChI=1S/C17H21NO4S/c1-13-5-4-6-16(11-13)22-10-9-18-23(19,20)17-8-7-15(21-3)12-14(17)2/h4-8,11-12,18H,9-10H2,1-3H3. The first kappa shape index (κ1) is 17.3. The number of sulfonamides is 1. The van der Waals surface area contributed by atoms with Crippen molar-refractivity contribution in [2.24, 2.45) is 0 Å². The van der Waals surface area contributed by atoms with Crippen molar-refractivity contribution in [3.63, 3.8) is 0 Å². The Labute approximate surface area is 137 Å². The molecule has 0 spiro atoms. The lowest BCUT2D eigenvalue weighted by molar-refractivity contribution is 0.322. The molecule has 0 atom stereocenters. The number of hydrogen-bond acceptors (Lipinski definition) is 4. The van der Waals surface area contributed by atoms with E-state index in [1.165, 1.54) is 6.07 Å². The first-order valence-corrected chi connectivity index (χ1v) is 8.74. The second-order valence-electron chi connectivity index (χ2n) is 5.19. The van der Waals surface area contributed by atoms with Gasteiger partial charge in [-0.25, -0.2) is 13.1 Å². The predicted octanol–water partition coefficient (Wildman–Crippen LogP) is 2.67. The Morgan fingerprint density at radius 2 is 1.83 bits per heavy atom. The predicted molar refractivity (Wildman–Crippen MR) is 89.6 cm³/mol. The Bertz CT molecular complexity index is 772. The van der Waals surface area contributed by atoms with Crippen LogP contribution in [-0.2, 0) is 10.0 Å². The van der Waals surface area contributed by atoms with Gasteiger partial charge in [0.05, 0.1) is 12.0 Å². The zero-order valence-electron chi connectivity index (χ0n) is 13.5. The van der Waals surface area contributed by atoms with Crippen molar-refractivity contribution in [2.75, 3.05) is 20.3 Å². The summed E-state index contributed by atoms with van der Waals surface area (Å²) >= 11 is 0. The van der Waals surface area contributed by atoms with Gasteiger partial charge < -0.3 is 9.47 Å². The molecule has 0 saturated heterocycles. The van der Waals surface area contributed by atoms with Crippen LogP contribution in [0.3, 0.4) is 0 Å². The Balaban J connectivity index is 1.94. The Morgan fingerprint density at radius 1 is 1.04 bits per heavy atom. The summed E-state index contributed by atoms with van der Waals surface area (Å²) in [5.41, 5.74) is 1.73. The van der Waals surface area contributed by atoms with E-state index in [9.17, 15) is 8.42 Å². The molecule has 2 rings (SSSR count).